The first-order valence-corrected chi connectivity index (χ1v) is 25.2. The number of unbranched alkanes of at least 4 members (excludes halogenated alkanes) is 33. The molecule has 7 unspecified atom stereocenters. The molecule has 1 aliphatic rings. The summed E-state index contributed by atoms with van der Waals surface area (Å²) in [6.45, 7) is 3.87. The molecule has 1 amide bonds. The van der Waals surface area contributed by atoms with E-state index in [4.69, 9.17) is 9.47 Å². The lowest BCUT2D eigenvalue weighted by Gasteiger charge is -2.40. The number of carbonyl (C=O) groups excluding carboxylic acids is 1. The van der Waals surface area contributed by atoms with Gasteiger partial charge in [-0.3, -0.25) is 4.79 Å². The van der Waals surface area contributed by atoms with Gasteiger partial charge < -0.3 is 40.3 Å². The van der Waals surface area contributed by atoms with Gasteiger partial charge in [0.25, 0.3) is 0 Å². The predicted molar refractivity (Wildman–Crippen MR) is 240 cm³/mol. The number of aliphatic hydroxyl groups is 5. The summed E-state index contributed by atoms with van der Waals surface area (Å²) in [7, 11) is 0. The van der Waals surface area contributed by atoms with Gasteiger partial charge in [0, 0.05) is 6.42 Å². The van der Waals surface area contributed by atoms with Crippen LogP contribution in [0.15, 0.2) is 0 Å². The van der Waals surface area contributed by atoms with Crippen molar-refractivity contribution in [2.75, 3.05) is 13.2 Å². The standard InChI is InChI=1S/C49H97NO8/c1-3-5-7-9-11-13-15-17-19-21-23-25-27-29-31-33-35-37-39-45(53)50-42(41-57-49-48(56)47(55)46(54)44(40-51)58-49)43(52)38-36-34-32-30-28-26-24-22-20-18-16-14-12-10-8-6-4-2/h42-44,46-49,51-52,54-56H,3-41H2,1-2H3,(H,50,53). The molecule has 0 aromatic carbocycles. The van der Waals surface area contributed by atoms with Gasteiger partial charge in [-0.25, -0.2) is 0 Å². The maximum Gasteiger partial charge on any atom is 0.220 e. The van der Waals surface area contributed by atoms with Gasteiger partial charge in [0.2, 0.25) is 5.91 Å². The summed E-state index contributed by atoms with van der Waals surface area (Å²) in [6.07, 6.45) is 38.2. The van der Waals surface area contributed by atoms with Crippen LogP contribution >= 0.6 is 0 Å². The number of hydrogen-bond acceptors (Lipinski definition) is 8. The van der Waals surface area contributed by atoms with Gasteiger partial charge in [0.05, 0.1) is 25.4 Å². The van der Waals surface area contributed by atoms with Crippen molar-refractivity contribution in [1.82, 2.24) is 5.32 Å². The van der Waals surface area contributed by atoms with E-state index in [1.54, 1.807) is 0 Å². The first-order valence-electron chi connectivity index (χ1n) is 25.2. The van der Waals surface area contributed by atoms with Gasteiger partial charge in [-0.1, -0.05) is 232 Å². The zero-order valence-electron chi connectivity index (χ0n) is 38.1. The Labute approximate surface area is 357 Å². The number of rotatable bonds is 43. The molecule has 1 aliphatic heterocycles. The smallest absolute Gasteiger partial charge is 0.220 e. The SMILES string of the molecule is CCCCCCCCCCCCCCCCCCCCC(=O)NC(COC1OC(CO)C(O)C(O)C1O)C(O)CCCCCCCCCCCCCCCCCCC. The molecule has 0 bridgehead atoms. The molecule has 1 saturated heterocycles. The van der Waals surface area contributed by atoms with Gasteiger partial charge >= 0.3 is 0 Å². The van der Waals surface area contributed by atoms with Crippen LogP contribution in [0.1, 0.15) is 251 Å². The lowest BCUT2D eigenvalue weighted by molar-refractivity contribution is -0.302. The molecule has 0 aromatic rings. The van der Waals surface area contributed by atoms with Crippen LogP contribution in [0.25, 0.3) is 0 Å². The van der Waals surface area contributed by atoms with Crippen LogP contribution < -0.4 is 5.32 Å². The molecule has 7 atom stereocenters. The molecule has 9 heteroatoms. The number of aliphatic hydroxyl groups excluding tert-OH is 5. The van der Waals surface area contributed by atoms with E-state index in [9.17, 15) is 30.3 Å². The summed E-state index contributed by atoms with van der Waals surface area (Å²) in [5, 5.41) is 54.5. The molecule has 0 aromatic heterocycles. The summed E-state index contributed by atoms with van der Waals surface area (Å²) in [5.74, 6) is -0.139. The Morgan fingerprint density at radius 1 is 0.517 bits per heavy atom. The van der Waals surface area contributed by atoms with Crippen LogP contribution in [0, 0.1) is 0 Å². The summed E-state index contributed by atoms with van der Waals surface area (Å²) in [6, 6.07) is -0.712. The van der Waals surface area contributed by atoms with Crippen molar-refractivity contribution in [2.24, 2.45) is 0 Å². The minimum Gasteiger partial charge on any atom is -0.394 e. The molecular weight excluding hydrogens is 731 g/mol. The van der Waals surface area contributed by atoms with E-state index < -0.39 is 49.5 Å². The van der Waals surface area contributed by atoms with Crippen molar-refractivity contribution in [3.63, 3.8) is 0 Å². The Morgan fingerprint density at radius 3 is 1.22 bits per heavy atom. The van der Waals surface area contributed by atoms with Gasteiger partial charge in [-0.05, 0) is 12.8 Å². The number of carbonyl (C=O) groups is 1. The van der Waals surface area contributed by atoms with E-state index in [-0.39, 0.29) is 12.5 Å². The van der Waals surface area contributed by atoms with Crippen LogP contribution in [0.2, 0.25) is 0 Å². The van der Waals surface area contributed by atoms with E-state index in [0.717, 1.165) is 38.5 Å². The van der Waals surface area contributed by atoms with Gasteiger partial charge in [-0.15, -0.1) is 0 Å². The Balaban J connectivity index is 2.27. The first kappa shape index (κ1) is 55.2. The quantitative estimate of drug-likeness (QED) is 0.0333. The molecular formula is C49H97NO8. The van der Waals surface area contributed by atoms with Crippen molar-refractivity contribution in [2.45, 2.75) is 294 Å². The lowest BCUT2D eigenvalue weighted by Crippen LogP contribution is -2.60. The van der Waals surface area contributed by atoms with Crippen molar-refractivity contribution in [3.05, 3.63) is 0 Å². The molecule has 0 spiro atoms. The van der Waals surface area contributed by atoms with Gasteiger partial charge in [0.15, 0.2) is 6.29 Å². The number of hydrogen-bond donors (Lipinski definition) is 6. The third-order valence-electron chi connectivity index (χ3n) is 12.5. The monoisotopic (exact) mass is 828 g/mol. The number of nitrogens with one attached hydrogen (secondary N) is 1. The maximum absolute atomic E-state index is 13.0. The van der Waals surface area contributed by atoms with E-state index in [1.807, 2.05) is 0 Å². The topological polar surface area (TPSA) is 149 Å². The average molecular weight is 828 g/mol. The lowest BCUT2D eigenvalue weighted by atomic mass is 9.99. The zero-order valence-corrected chi connectivity index (χ0v) is 38.1. The highest BCUT2D eigenvalue weighted by molar-refractivity contribution is 5.76. The minimum absolute atomic E-state index is 0.131. The highest BCUT2D eigenvalue weighted by Crippen LogP contribution is 2.23. The zero-order chi connectivity index (χ0) is 42.3. The van der Waals surface area contributed by atoms with Crippen LogP contribution in [-0.4, -0.2) is 87.5 Å². The largest absolute Gasteiger partial charge is 0.394 e. The average Bonchev–Trinajstić information content (AvgIpc) is 3.22. The van der Waals surface area contributed by atoms with Crippen molar-refractivity contribution < 1.29 is 39.8 Å². The summed E-state index contributed by atoms with van der Waals surface area (Å²) >= 11 is 0. The van der Waals surface area contributed by atoms with Crippen molar-refractivity contribution in [3.8, 4) is 0 Å². The Morgan fingerprint density at radius 2 is 0.862 bits per heavy atom. The fraction of sp³-hybridized carbons (Fsp3) is 0.980. The second-order valence-corrected chi connectivity index (χ2v) is 18.0. The highest BCUT2D eigenvalue weighted by atomic mass is 16.7. The second-order valence-electron chi connectivity index (χ2n) is 18.0. The van der Waals surface area contributed by atoms with Crippen LogP contribution in [0.4, 0.5) is 0 Å². The van der Waals surface area contributed by atoms with E-state index in [2.05, 4.69) is 19.2 Å². The number of amides is 1. The normalized spacial score (nSPS) is 20.7. The molecule has 0 aliphatic carbocycles. The molecule has 6 N–H and O–H groups in total. The minimum atomic E-state index is -1.55. The summed E-state index contributed by atoms with van der Waals surface area (Å²) < 4.78 is 11.3. The maximum atomic E-state index is 13.0. The predicted octanol–water partition coefficient (Wildman–Crippen LogP) is 11.1. The van der Waals surface area contributed by atoms with Gasteiger partial charge in [0.1, 0.15) is 24.4 Å². The molecule has 0 saturated carbocycles. The third-order valence-corrected chi connectivity index (χ3v) is 12.5. The summed E-state index contributed by atoms with van der Waals surface area (Å²) in [5.41, 5.74) is 0. The molecule has 1 rings (SSSR count). The van der Waals surface area contributed by atoms with Crippen LogP contribution in [0.5, 0.6) is 0 Å². The van der Waals surface area contributed by atoms with E-state index >= 15 is 0 Å². The van der Waals surface area contributed by atoms with Crippen molar-refractivity contribution in [1.29, 1.82) is 0 Å². The van der Waals surface area contributed by atoms with Gasteiger partial charge in [-0.2, -0.15) is 0 Å². The van der Waals surface area contributed by atoms with E-state index in [1.165, 1.54) is 186 Å². The molecule has 1 fully saturated rings. The molecule has 9 nitrogen and oxygen atoms in total. The van der Waals surface area contributed by atoms with Crippen LogP contribution in [-0.2, 0) is 14.3 Å². The number of ether oxygens (including phenoxy) is 2. The second kappa shape index (κ2) is 40.3. The molecule has 58 heavy (non-hydrogen) atoms. The Bertz CT molecular complexity index is 878. The molecule has 346 valence electrons. The molecule has 1 heterocycles. The summed E-state index contributed by atoms with van der Waals surface area (Å²) in [4.78, 5) is 13.0. The van der Waals surface area contributed by atoms with E-state index in [0.29, 0.717) is 12.8 Å². The Kier molecular flexibility index (Phi) is 38.3. The fourth-order valence-corrected chi connectivity index (χ4v) is 8.40. The highest BCUT2D eigenvalue weighted by Gasteiger charge is 2.44. The molecule has 0 radical (unpaired) electrons. The van der Waals surface area contributed by atoms with Crippen LogP contribution in [0.3, 0.4) is 0 Å². The first-order chi connectivity index (χ1) is 28.3. The van der Waals surface area contributed by atoms with Crippen molar-refractivity contribution >= 4 is 5.91 Å². The third kappa shape index (κ3) is 30.3. The Hall–Kier alpha value is -0.810. The fourth-order valence-electron chi connectivity index (χ4n) is 8.40.